The van der Waals surface area contributed by atoms with Gasteiger partial charge in [-0.15, -0.1) is 0 Å². The van der Waals surface area contributed by atoms with Crippen LogP contribution in [0, 0.1) is 0 Å². The number of hydrogen-bond acceptors (Lipinski definition) is 4. The smallest absolute Gasteiger partial charge is 0.139 e. The molecule has 0 aliphatic carbocycles. The minimum Gasteiger partial charge on any atom is -0.354 e. The monoisotopic (exact) mass is 344 g/mol. The van der Waals surface area contributed by atoms with Gasteiger partial charge in [0.15, 0.2) is 0 Å². The lowest BCUT2D eigenvalue weighted by molar-refractivity contribution is 0.106. The average molecular weight is 345 g/mol. The van der Waals surface area contributed by atoms with E-state index in [0.29, 0.717) is 5.15 Å². The van der Waals surface area contributed by atoms with Gasteiger partial charge in [0, 0.05) is 44.2 Å². The van der Waals surface area contributed by atoms with Crippen molar-refractivity contribution in [2.45, 2.75) is 18.9 Å². The molecule has 128 valence electrons. The zero-order chi connectivity index (χ0) is 16.5. The summed E-state index contributed by atoms with van der Waals surface area (Å²) in [5, 5.41) is 2.81. The fraction of sp³-hybridized carbons (Fsp3) is 0.526. The van der Waals surface area contributed by atoms with Gasteiger partial charge in [0.05, 0.1) is 0 Å². The molecule has 0 radical (unpaired) electrons. The van der Waals surface area contributed by atoms with Crippen LogP contribution in [-0.4, -0.2) is 67.1 Å². The summed E-state index contributed by atoms with van der Waals surface area (Å²) in [7, 11) is 2.24. The summed E-state index contributed by atoms with van der Waals surface area (Å²) in [6, 6.07) is 11.1. The van der Waals surface area contributed by atoms with Crippen LogP contribution in [-0.2, 0) is 0 Å². The summed E-state index contributed by atoms with van der Waals surface area (Å²) in [5.41, 5.74) is 0. The SMILES string of the molecule is CN1CCCC(N2CCN(c3cc4ccccc4c(Cl)n3)CC2)C1. The van der Waals surface area contributed by atoms with Gasteiger partial charge in [-0.3, -0.25) is 4.90 Å². The Morgan fingerprint density at radius 3 is 2.67 bits per heavy atom. The fourth-order valence-electron chi connectivity index (χ4n) is 4.06. The number of benzene rings is 1. The molecule has 2 fully saturated rings. The number of aromatic nitrogens is 1. The highest BCUT2D eigenvalue weighted by Crippen LogP contribution is 2.27. The normalized spacial score (nSPS) is 23.8. The molecule has 0 saturated carbocycles. The van der Waals surface area contributed by atoms with Crippen LogP contribution in [0.3, 0.4) is 0 Å². The maximum absolute atomic E-state index is 6.39. The van der Waals surface area contributed by atoms with Crippen LogP contribution in [0.5, 0.6) is 0 Å². The number of likely N-dealkylation sites (tertiary alicyclic amines) is 1. The number of anilines is 1. The molecule has 0 amide bonds. The van der Waals surface area contributed by atoms with E-state index >= 15 is 0 Å². The van der Waals surface area contributed by atoms with E-state index < -0.39 is 0 Å². The number of hydrogen-bond donors (Lipinski definition) is 0. The second-order valence-electron chi connectivity index (χ2n) is 7.07. The molecule has 0 bridgehead atoms. The number of rotatable bonds is 2. The van der Waals surface area contributed by atoms with Crippen LogP contribution in [0.1, 0.15) is 12.8 Å². The molecule has 2 aliphatic rings. The Kier molecular flexibility index (Phi) is 4.61. The highest BCUT2D eigenvalue weighted by atomic mass is 35.5. The standard InChI is InChI=1S/C19H25ClN4/c1-22-8-4-6-16(14-22)23-9-11-24(12-10-23)18-13-15-5-2-3-7-17(15)19(20)21-18/h2-3,5,7,13,16H,4,6,8-12,14H2,1H3. The van der Waals surface area contributed by atoms with Crippen molar-refractivity contribution in [1.29, 1.82) is 0 Å². The van der Waals surface area contributed by atoms with E-state index in [1.54, 1.807) is 0 Å². The second-order valence-corrected chi connectivity index (χ2v) is 7.43. The number of pyridine rings is 1. The predicted octanol–water partition coefficient (Wildman–Crippen LogP) is 3.10. The lowest BCUT2D eigenvalue weighted by Crippen LogP contribution is -2.54. The molecule has 0 spiro atoms. The maximum Gasteiger partial charge on any atom is 0.139 e. The maximum atomic E-state index is 6.39. The molecular formula is C19H25ClN4. The highest BCUT2D eigenvalue weighted by molar-refractivity contribution is 6.34. The zero-order valence-corrected chi connectivity index (χ0v) is 15.0. The van der Waals surface area contributed by atoms with Crippen molar-refractivity contribution < 1.29 is 0 Å². The number of likely N-dealkylation sites (N-methyl/N-ethyl adjacent to an activating group) is 1. The Morgan fingerprint density at radius 2 is 1.88 bits per heavy atom. The van der Waals surface area contributed by atoms with Crippen molar-refractivity contribution in [2.24, 2.45) is 0 Å². The molecule has 1 aromatic carbocycles. The first-order valence-electron chi connectivity index (χ1n) is 8.93. The summed E-state index contributed by atoms with van der Waals surface area (Å²) in [6.45, 7) is 6.75. The van der Waals surface area contributed by atoms with Crippen LogP contribution in [0.4, 0.5) is 5.82 Å². The Hall–Kier alpha value is -1.36. The number of nitrogens with zero attached hydrogens (tertiary/aromatic N) is 4. The third-order valence-electron chi connectivity index (χ3n) is 5.43. The molecule has 2 aliphatic heterocycles. The average Bonchev–Trinajstić information content (AvgIpc) is 2.62. The molecule has 4 nitrogen and oxygen atoms in total. The van der Waals surface area contributed by atoms with Gasteiger partial charge in [0.2, 0.25) is 0 Å². The second kappa shape index (κ2) is 6.87. The third kappa shape index (κ3) is 3.23. The van der Waals surface area contributed by atoms with Gasteiger partial charge in [-0.2, -0.15) is 0 Å². The van der Waals surface area contributed by atoms with Crippen LogP contribution in [0.15, 0.2) is 30.3 Å². The van der Waals surface area contributed by atoms with E-state index in [-0.39, 0.29) is 0 Å². The summed E-state index contributed by atoms with van der Waals surface area (Å²) >= 11 is 6.39. The van der Waals surface area contributed by atoms with E-state index in [2.05, 4.69) is 44.9 Å². The first-order valence-corrected chi connectivity index (χ1v) is 9.31. The van der Waals surface area contributed by atoms with E-state index in [1.807, 2.05) is 12.1 Å². The minimum atomic E-state index is 0.611. The van der Waals surface area contributed by atoms with Crippen LogP contribution in [0.25, 0.3) is 10.8 Å². The van der Waals surface area contributed by atoms with Gasteiger partial charge in [0.25, 0.3) is 0 Å². The number of piperazine rings is 1. The third-order valence-corrected chi connectivity index (χ3v) is 5.72. The van der Waals surface area contributed by atoms with Gasteiger partial charge in [0.1, 0.15) is 11.0 Å². The summed E-state index contributed by atoms with van der Waals surface area (Å²) in [4.78, 5) is 12.1. The van der Waals surface area contributed by atoms with Crippen molar-refractivity contribution in [2.75, 3.05) is 51.2 Å². The van der Waals surface area contributed by atoms with Crippen molar-refractivity contribution in [1.82, 2.24) is 14.8 Å². The lowest BCUT2D eigenvalue weighted by Gasteiger charge is -2.43. The minimum absolute atomic E-state index is 0.611. The van der Waals surface area contributed by atoms with Gasteiger partial charge >= 0.3 is 0 Å². The molecule has 24 heavy (non-hydrogen) atoms. The van der Waals surface area contributed by atoms with E-state index in [0.717, 1.165) is 43.4 Å². The molecule has 3 heterocycles. The summed E-state index contributed by atoms with van der Waals surface area (Å²) in [6.07, 6.45) is 2.66. The Balaban J connectivity index is 1.46. The van der Waals surface area contributed by atoms with Gasteiger partial charge in [-0.25, -0.2) is 4.98 Å². The van der Waals surface area contributed by atoms with Crippen molar-refractivity contribution in [3.8, 4) is 0 Å². The molecule has 2 aromatic rings. The molecule has 1 unspecified atom stereocenters. The molecule has 2 saturated heterocycles. The molecule has 1 atom stereocenters. The molecule has 4 rings (SSSR count). The Bertz CT molecular complexity index is 712. The number of fused-ring (bicyclic) bond motifs is 1. The van der Waals surface area contributed by atoms with Crippen LogP contribution >= 0.6 is 11.6 Å². The number of piperidine rings is 1. The van der Waals surface area contributed by atoms with Crippen LogP contribution in [0.2, 0.25) is 5.15 Å². The largest absolute Gasteiger partial charge is 0.354 e. The quantitative estimate of drug-likeness (QED) is 0.781. The highest BCUT2D eigenvalue weighted by Gasteiger charge is 2.27. The van der Waals surface area contributed by atoms with E-state index in [1.165, 1.54) is 31.3 Å². The van der Waals surface area contributed by atoms with Crippen LogP contribution < -0.4 is 4.90 Å². The van der Waals surface area contributed by atoms with Crippen molar-refractivity contribution in [3.05, 3.63) is 35.5 Å². The van der Waals surface area contributed by atoms with Crippen molar-refractivity contribution in [3.63, 3.8) is 0 Å². The Morgan fingerprint density at radius 1 is 1.08 bits per heavy atom. The summed E-state index contributed by atoms with van der Waals surface area (Å²) < 4.78 is 0. The topological polar surface area (TPSA) is 22.6 Å². The first kappa shape index (κ1) is 16.1. The lowest BCUT2D eigenvalue weighted by atomic mass is 10.0. The van der Waals surface area contributed by atoms with Gasteiger partial charge < -0.3 is 9.80 Å². The molecule has 1 aromatic heterocycles. The first-order chi connectivity index (χ1) is 11.7. The van der Waals surface area contributed by atoms with E-state index in [4.69, 9.17) is 11.6 Å². The van der Waals surface area contributed by atoms with Crippen molar-refractivity contribution >= 4 is 28.2 Å². The predicted molar refractivity (Wildman–Crippen MR) is 101 cm³/mol. The van der Waals surface area contributed by atoms with Gasteiger partial charge in [-0.05, 0) is 37.9 Å². The Labute approximate surface area is 149 Å². The number of halogens is 1. The molecule has 5 heteroatoms. The fourth-order valence-corrected chi connectivity index (χ4v) is 4.32. The zero-order valence-electron chi connectivity index (χ0n) is 14.3. The van der Waals surface area contributed by atoms with E-state index in [9.17, 15) is 0 Å². The molecular weight excluding hydrogens is 320 g/mol. The summed E-state index contributed by atoms with van der Waals surface area (Å²) in [5.74, 6) is 1.01. The van der Waals surface area contributed by atoms with Gasteiger partial charge in [-0.1, -0.05) is 35.9 Å². The molecule has 0 N–H and O–H groups in total.